The molecular formula is C14H10N4O4. The number of hydrogen-bond donors (Lipinski definition) is 3. The maximum Gasteiger partial charge on any atom is 0.339 e. The number of nitrogens with zero attached hydrogens (tertiary/aromatic N) is 2. The number of nitrogen functional groups attached to an aromatic ring is 1. The number of H-pyrrole nitrogens is 1. The number of aromatic nitrogens is 3. The van der Waals surface area contributed by atoms with Crippen LogP contribution in [0, 0.1) is 0 Å². The summed E-state index contributed by atoms with van der Waals surface area (Å²) >= 11 is 0. The molecule has 2 heterocycles. The highest BCUT2D eigenvalue weighted by atomic mass is 16.4. The molecule has 1 aromatic carbocycles. The van der Waals surface area contributed by atoms with E-state index in [1.54, 1.807) is 30.3 Å². The minimum Gasteiger partial charge on any atom is -0.478 e. The summed E-state index contributed by atoms with van der Waals surface area (Å²) in [5.41, 5.74) is 4.40. The lowest BCUT2D eigenvalue weighted by molar-refractivity contribution is 0.0698. The molecule has 0 saturated carbocycles. The maximum absolute atomic E-state index is 12.1. The fourth-order valence-corrected chi connectivity index (χ4v) is 2.16. The standard InChI is InChI=1S/C14H10N4O4/c15-10-8(13(20)21)6-9-11(16-10)18(14(22)17-12(9)19)7-4-2-1-3-5-7/h1-6H,(H2,15,16)(H,20,21)(H,17,19,22). The van der Waals surface area contributed by atoms with Gasteiger partial charge in [-0.2, -0.15) is 0 Å². The number of rotatable bonds is 2. The Hall–Kier alpha value is -3.42. The topological polar surface area (TPSA) is 131 Å². The van der Waals surface area contributed by atoms with Crippen molar-refractivity contribution in [3.8, 4) is 5.69 Å². The summed E-state index contributed by atoms with van der Waals surface area (Å²) in [4.78, 5) is 41.2. The van der Waals surface area contributed by atoms with Crippen molar-refractivity contribution in [3.05, 3.63) is 62.8 Å². The Kier molecular flexibility index (Phi) is 2.99. The first kappa shape index (κ1) is 13.6. The van der Waals surface area contributed by atoms with Crippen molar-refractivity contribution in [1.29, 1.82) is 0 Å². The third-order valence-electron chi connectivity index (χ3n) is 3.16. The second kappa shape index (κ2) is 4.85. The van der Waals surface area contributed by atoms with Gasteiger partial charge in [0.2, 0.25) is 0 Å². The summed E-state index contributed by atoms with van der Waals surface area (Å²) in [5, 5.41) is 9.02. The van der Waals surface area contributed by atoms with Gasteiger partial charge in [0.25, 0.3) is 5.56 Å². The zero-order valence-electron chi connectivity index (χ0n) is 11.1. The highest BCUT2D eigenvalue weighted by Gasteiger charge is 2.16. The van der Waals surface area contributed by atoms with Crippen LogP contribution in [0.15, 0.2) is 46.0 Å². The number of aromatic carboxylic acids is 1. The van der Waals surface area contributed by atoms with E-state index in [4.69, 9.17) is 10.8 Å². The van der Waals surface area contributed by atoms with Gasteiger partial charge in [-0.3, -0.25) is 9.78 Å². The number of hydrogen-bond acceptors (Lipinski definition) is 5. The number of carbonyl (C=O) groups is 1. The molecule has 8 nitrogen and oxygen atoms in total. The van der Waals surface area contributed by atoms with Crippen molar-refractivity contribution < 1.29 is 9.90 Å². The Balaban J connectivity index is 2.49. The van der Waals surface area contributed by atoms with Crippen LogP contribution in [-0.2, 0) is 0 Å². The summed E-state index contributed by atoms with van der Waals surface area (Å²) in [7, 11) is 0. The first-order valence-electron chi connectivity index (χ1n) is 6.23. The fourth-order valence-electron chi connectivity index (χ4n) is 2.16. The SMILES string of the molecule is Nc1nc2c(cc1C(=O)O)c(=O)[nH]c(=O)n2-c1ccccc1. The number of carboxylic acid groups (broad SMARTS) is 1. The number of fused-ring (bicyclic) bond motifs is 1. The van der Waals surface area contributed by atoms with Crippen LogP contribution in [0.4, 0.5) is 5.82 Å². The molecule has 0 unspecified atom stereocenters. The van der Waals surface area contributed by atoms with Gasteiger partial charge in [0.15, 0.2) is 5.65 Å². The second-order valence-electron chi connectivity index (χ2n) is 4.53. The molecule has 3 aromatic rings. The first-order valence-corrected chi connectivity index (χ1v) is 6.23. The summed E-state index contributed by atoms with van der Waals surface area (Å²) in [6, 6.07) is 9.62. The van der Waals surface area contributed by atoms with E-state index in [0.717, 1.165) is 6.07 Å². The molecule has 0 atom stereocenters. The number of nitrogens with one attached hydrogen (secondary N) is 1. The molecule has 2 aromatic heterocycles. The summed E-state index contributed by atoms with van der Waals surface area (Å²) < 4.78 is 1.17. The van der Waals surface area contributed by atoms with Gasteiger partial charge in [-0.1, -0.05) is 18.2 Å². The van der Waals surface area contributed by atoms with Gasteiger partial charge in [0.1, 0.15) is 11.4 Å². The Morgan fingerprint density at radius 3 is 2.55 bits per heavy atom. The van der Waals surface area contributed by atoms with Crippen molar-refractivity contribution in [3.63, 3.8) is 0 Å². The van der Waals surface area contributed by atoms with E-state index in [9.17, 15) is 14.4 Å². The number of nitrogens with two attached hydrogens (primary N) is 1. The molecule has 0 spiro atoms. The van der Waals surface area contributed by atoms with Crippen LogP contribution in [0.25, 0.3) is 16.7 Å². The van der Waals surface area contributed by atoms with Gasteiger partial charge in [0, 0.05) is 0 Å². The van der Waals surface area contributed by atoms with E-state index in [2.05, 4.69) is 9.97 Å². The van der Waals surface area contributed by atoms with Crippen LogP contribution in [0.3, 0.4) is 0 Å². The van der Waals surface area contributed by atoms with Crippen LogP contribution in [0.1, 0.15) is 10.4 Å². The van der Waals surface area contributed by atoms with Gasteiger partial charge in [-0.05, 0) is 18.2 Å². The zero-order valence-corrected chi connectivity index (χ0v) is 11.1. The van der Waals surface area contributed by atoms with Crippen molar-refractivity contribution in [2.75, 3.05) is 5.73 Å². The average molecular weight is 298 g/mol. The normalized spacial score (nSPS) is 10.7. The Morgan fingerprint density at radius 2 is 1.91 bits per heavy atom. The predicted molar refractivity (Wildman–Crippen MR) is 79.3 cm³/mol. The number of anilines is 1. The number of aromatic amines is 1. The molecule has 0 amide bonds. The number of benzene rings is 1. The van der Waals surface area contributed by atoms with E-state index in [0.29, 0.717) is 5.69 Å². The van der Waals surface area contributed by atoms with Crippen LogP contribution >= 0.6 is 0 Å². The average Bonchev–Trinajstić information content (AvgIpc) is 2.47. The van der Waals surface area contributed by atoms with Crippen LogP contribution < -0.4 is 17.0 Å². The summed E-state index contributed by atoms with van der Waals surface area (Å²) in [6.45, 7) is 0. The minimum atomic E-state index is -1.30. The largest absolute Gasteiger partial charge is 0.478 e. The van der Waals surface area contributed by atoms with E-state index in [1.165, 1.54) is 4.57 Å². The van der Waals surface area contributed by atoms with Crippen LogP contribution in [0.2, 0.25) is 0 Å². The molecule has 0 bridgehead atoms. The van der Waals surface area contributed by atoms with Gasteiger partial charge < -0.3 is 10.8 Å². The van der Waals surface area contributed by atoms with Crippen LogP contribution in [-0.4, -0.2) is 25.6 Å². The molecule has 3 rings (SSSR count). The lowest BCUT2D eigenvalue weighted by atomic mass is 10.2. The molecule has 4 N–H and O–H groups in total. The maximum atomic E-state index is 12.1. The second-order valence-corrected chi connectivity index (χ2v) is 4.53. The molecule has 110 valence electrons. The van der Waals surface area contributed by atoms with Crippen molar-refractivity contribution in [2.45, 2.75) is 0 Å². The number of pyridine rings is 1. The quantitative estimate of drug-likeness (QED) is 0.625. The Morgan fingerprint density at radius 1 is 1.23 bits per heavy atom. The third-order valence-corrected chi connectivity index (χ3v) is 3.16. The van der Waals surface area contributed by atoms with Crippen molar-refractivity contribution in [1.82, 2.24) is 14.5 Å². The van der Waals surface area contributed by atoms with Crippen molar-refractivity contribution in [2.24, 2.45) is 0 Å². The molecule has 0 saturated heterocycles. The minimum absolute atomic E-state index is 0.00227. The van der Waals surface area contributed by atoms with E-state index < -0.39 is 17.2 Å². The predicted octanol–water partition coefficient (Wildman–Crippen LogP) is 0.354. The third kappa shape index (κ3) is 2.03. The lowest BCUT2D eigenvalue weighted by Crippen LogP contribution is -2.30. The van der Waals surface area contributed by atoms with Crippen molar-refractivity contribution >= 4 is 22.8 Å². The molecule has 0 fully saturated rings. The van der Waals surface area contributed by atoms with Gasteiger partial charge in [0.05, 0.1) is 11.1 Å². The highest BCUT2D eigenvalue weighted by molar-refractivity contribution is 5.96. The molecule has 8 heteroatoms. The van der Waals surface area contributed by atoms with E-state index in [-0.39, 0.29) is 22.4 Å². The monoisotopic (exact) mass is 298 g/mol. The Bertz CT molecular complexity index is 1010. The fraction of sp³-hybridized carbons (Fsp3) is 0. The Labute approximate surface area is 122 Å². The van der Waals surface area contributed by atoms with Gasteiger partial charge in [-0.25, -0.2) is 19.1 Å². The molecule has 0 aliphatic heterocycles. The smallest absolute Gasteiger partial charge is 0.339 e. The van der Waals surface area contributed by atoms with E-state index >= 15 is 0 Å². The highest BCUT2D eigenvalue weighted by Crippen LogP contribution is 2.17. The molecule has 0 aliphatic rings. The molecule has 0 radical (unpaired) electrons. The molecule has 0 aliphatic carbocycles. The molecule has 22 heavy (non-hydrogen) atoms. The summed E-state index contributed by atoms with van der Waals surface area (Å²) in [5.74, 6) is -1.57. The number of para-hydroxylation sites is 1. The zero-order chi connectivity index (χ0) is 15.9. The molecular weight excluding hydrogens is 288 g/mol. The van der Waals surface area contributed by atoms with E-state index in [1.807, 2.05) is 0 Å². The van der Waals surface area contributed by atoms with Gasteiger partial charge >= 0.3 is 11.7 Å². The number of carboxylic acids is 1. The first-order chi connectivity index (χ1) is 10.5. The summed E-state index contributed by atoms with van der Waals surface area (Å²) in [6.07, 6.45) is 0. The van der Waals surface area contributed by atoms with Gasteiger partial charge in [-0.15, -0.1) is 0 Å². The van der Waals surface area contributed by atoms with Crippen LogP contribution in [0.5, 0.6) is 0 Å². The lowest BCUT2D eigenvalue weighted by Gasteiger charge is -2.10.